The van der Waals surface area contributed by atoms with E-state index in [-0.39, 0.29) is 0 Å². The average Bonchev–Trinajstić information content (AvgIpc) is 2.46. The molecule has 0 spiro atoms. The van der Waals surface area contributed by atoms with E-state index < -0.39 is 0 Å². The van der Waals surface area contributed by atoms with Crippen molar-refractivity contribution in [3.8, 4) is 0 Å². The minimum atomic E-state index is 0.789. The van der Waals surface area contributed by atoms with Crippen LogP contribution in [-0.2, 0) is 6.54 Å². The molecule has 2 heteroatoms. The van der Waals surface area contributed by atoms with Crippen molar-refractivity contribution in [3.63, 3.8) is 0 Å². The summed E-state index contributed by atoms with van der Waals surface area (Å²) < 4.78 is 0. The molecule has 1 rings (SSSR count). The molecule has 0 saturated heterocycles. The molecule has 0 aliphatic heterocycles. The monoisotopic (exact) mass is 211 g/mol. The van der Waals surface area contributed by atoms with Gasteiger partial charge in [0, 0.05) is 16.3 Å². The lowest BCUT2D eigenvalue weighted by molar-refractivity contribution is 0.501. The normalized spacial score (nSPS) is 13.1. The molecule has 1 atom stereocenters. The highest BCUT2D eigenvalue weighted by Gasteiger charge is 2.02. The predicted octanol–water partition coefficient (Wildman–Crippen LogP) is 3.50. The van der Waals surface area contributed by atoms with Gasteiger partial charge >= 0.3 is 0 Å². The Hall–Kier alpha value is -0.340. The highest BCUT2D eigenvalue weighted by molar-refractivity contribution is 7.12. The summed E-state index contributed by atoms with van der Waals surface area (Å²) in [4.78, 5) is 2.91. The first-order valence-corrected chi connectivity index (χ1v) is 6.21. The van der Waals surface area contributed by atoms with Crippen LogP contribution in [0.4, 0.5) is 0 Å². The molecule has 1 aromatic heterocycles. The van der Waals surface area contributed by atoms with E-state index >= 15 is 0 Å². The van der Waals surface area contributed by atoms with E-state index in [0.717, 1.165) is 19.0 Å². The number of aryl methyl sites for hydroxylation is 2. The first kappa shape index (κ1) is 11.7. The lowest BCUT2D eigenvalue weighted by atomic mass is 10.1. The summed E-state index contributed by atoms with van der Waals surface area (Å²) in [5, 5.41) is 3.50. The van der Waals surface area contributed by atoms with E-state index in [1.165, 1.54) is 21.7 Å². The molecule has 1 heterocycles. The van der Waals surface area contributed by atoms with Gasteiger partial charge in [-0.15, -0.1) is 11.3 Å². The molecule has 0 saturated carbocycles. The Morgan fingerprint density at radius 3 is 2.64 bits per heavy atom. The van der Waals surface area contributed by atoms with Gasteiger partial charge in [0.05, 0.1) is 0 Å². The van der Waals surface area contributed by atoms with Gasteiger partial charge in [0.25, 0.3) is 0 Å². The second-order valence-electron chi connectivity index (χ2n) is 4.10. The molecule has 0 aliphatic carbocycles. The summed E-state index contributed by atoms with van der Waals surface area (Å²) in [5.74, 6) is 0.789. The molecule has 1 nitrogen and oxygen atoms in total. The van der Waals surface area contributed by atoms with Crippen LogP contribution in [0, 0.1) is 19.8 Å². The van der Waals surface area contributed by atoms with Gasteiger partial charge in [-0.1, -0.05) is 20.3 Å². The molecule has 80 valence electrons. The first-order chi connectivity index (χ1) is 6.63. The third-order valence-electron chi connectivity index (χ3n) is 2.71. The predicted molar refractivity (Wildman–Crippen MR) is 65.0 cm³/mol. The fourth-order valence-electron chi connectivity index (χ4n) is 1.32. The smallest absolute Gasteiger partial charge is 0.0300 e. The second-order valence-corrected chi connectivity index (χ2v) is 5.44. The molecule has 0 radical (unpaired) electrons. The molecule has 0 fully saturated rings. The third-order valence-corrected chi connectivity index (χ3v) is 3.86. The Labute approximate surface area is 91.5 Å². The van der Waals surface area contributed by atoms with Crippen LogP contribution in [0.15, 0.2) is 6.07 Å². The second kappa shape index (κ2) is 5.52. The Balaban J connectivity index is 2.31. The standard InChI is InChI=1S/C12H21NS/c1-5-9(2)7-13-8-12-6-10(3)11(4)14-12/h6,9,13H,5,7-8H2,1-4H3. The molecule has 14 heavy (non-hydrogen) atoms. The summed E-state index contributed by atoms with van der Waals surface area (Å²) in [7, 11) is 0. The van der Waals surface area contributed by atoms with Crippen molar-refractivity contribution < 1.29 is 0 Å². The van der Waals surface area contributed by atoms with Crippen LogP contribution in [0.5, 0.6) is 0 Å². The van der Waals surface area contributed by atoms with Crippen molar-refractivity contribution in [2.24, 2.45) is 5.92 Å². The lowest BCUT2D eigenvalue weighted by Gasteiger charge is -2.08. The number of nitrogens with one attached hydrogen (secondary N) is 1. The van der Waals surface area contributed by atoms with Crippen LogP contribution < -0.4 is 5.32 Å². The van der Waals surface area contributed by atoms with Gasteiger partial charge in [-0.25, -0.2) is 0 Å². The average molecular weight is 211 g/mol. The number of thiophene rings is 1. The van der Waals surface area contributed by atoms with Crippen molar-refractivity contribution in [1.29, 1.82) is 0 Å². The van der Waals surface area contributed by atoms with Crippen LogP contribution in [0.1, 0.15) is 35.6 Å². The van der Waals surface area contributed by atoms with Crippen LogP contribution >= 0.6 is 11.3 Å². The van der Waals surface area contributed by atoms with Crippen LogP contribution in [0.25, 0.3) is 0 Å². The van der Waals surface area contributed by atoms with E-state index in [9.17, 15) is 0 Å². The van der Waals surface area contributed by atoms with E-state index in [1.807, 2.05) is 11.3 Å². The van der Waals surface area contributed by atoms with Crippen molar-refractivity contribution in [2.75, 3.05) is 6.54 Å². The number of hydrogen-bond acceptors (Lipinski definition) is 2. The molecule has 0 aromatic carbocycles. The van der Waals surface area contributed by atoms with E-state index in [0.29, 0.717) is 0 Å². The Bertz CT molecular complexity index is 258. The Morgan fingerprint density at radius 2 is 2.14 bits per heavy atom. The van der Waals surface area contributed by atoms with Gasteiger partial charge in [0.15, 0.2) is 0 Å². The van der Waals surface area contributed by atoms with E-state index in [2.05, 4.69) is 39.1 Å². The number of hydrogen-bond donors (Lipinski definition) is 1. The maximum atomic E-state index is 3.50. The van der Waals surface area contributed by atoms with Gasteiger partial charge < -0.3 is 5.32 Å². The minimum absolute atomic E-state index is 0.789. The van der Waals surface area contributed by atoms with Gasteiger partial charge in [0.2, 0.25) is 0 Å². The van der Waals surface area contributed by atoms with Crippen LogP contribution in [0.2, 0.25) is 0 Å². The summed E-state index contributed by atoms with van der Waals surface area (Å²) in [6, 6.07) is 2.30. The highest BCUT2D eigenvalue weighted by atomic mass is 32.1. The summed E-state index contributed by atoms with van der Waals surface area (Å²) in [6.45, 7) is 11.1. The zero-order valence-electron chi connectivity index (χ0n) is 9.68. The lowest BCUT2D eigenvalue weighted by Crippen LogP contribution is -2.19. The SMILES string of the molecule is CCC(C)CNCc1cc(C)c(C)s1. The third kappa shape index (κ3) is 3.43. The molecular formula is C12H21NS. The number of rotatable bonds is 5. The molecule has 1 N–H and O–H groups in total. The molecule has 0 bridgehead atoms. The molecule has 0 aliphatic rings. The van der Waals surface area contributed by atoms with Crippen molar-refractivity contribution >= 4 is 11.3 Å². The quantitative estimate of drug-likeness (QED) is 0.786. The summed E-state index contributed by atoms with van der Waals surface area (Å²) >= 11 is 1.91. The largest absolute Gasteiger partial charge is 0.312 e. The van der Waals surface area contributed by atoms with Crippen molar-refractivity contribution in [1.82, 2.24) is 5.32 Å². The Kier molecular flexibility index (Phi) is 4.63. The summed E-state index contributed by atoms with van der Waals surface area (Å²) in [6.07, 6.45) is 1.26. The van der Waals surface area contributed by atoms with Gasteiger partial charge in [-0.05, 0) is 37.9 Å². The summed E-state index contributed by atoms with van der Waals surface area (Å²) in [5.41, 5.74) is 1.43. The zero-order valence-corrected chi connectivity index (χ0v) is 10.5. The van der Waals surface area contributed by atoms with E-state index in [4.69, 9.17) is 0 Å². The maximum Gasteiger partial charge on any atom is 0.0300 e. The fraction of sp³-hybridized carbons (Fsp3) is 0.667. The molecule has 0 amide bonds. The highest BCUT2D eigenvalue weighted by Crippen LogP contribution is 2.20. The molecular weight excluding hydrogens is 190 g/mol. The van der Waals surface area contributed by atoms with Gasteiger partial charge in [0.1, 0.15) is 0 Å². The van der Waals surface area contributed by atoms with Gasteiger partial charge in [-0.2, -0.15) is 0 Å². The Morgan fingerprint density at radius 1 is 1.43 bits per heavy atom. The van der Waals surface area contributed by atoms with Crippen LogP contribution in [0.3, 0.4) is 0 Å². The molecule has 1 unspecified atom stereocenters. The van der Waals surface area contributed by atoms with Crippen LogP contribution in [-0.4, -0.2) is 6.54 Å². The minimum Gasteiger partial charge on any atom is -0.312 e. The maximum absolute atomic E-state index is 3.50. The van der Waals surface area contributed by atoms with Gasteiger partial charge in [-0.3, -0.25) is 0 Å². The topological polar surface area (TPSA) is 12.0 Å². The zero-order chi connectivity index (χ0) is 10.6. The fourth-order valence-corrected chi connectivity index (χ4v) is 2.35. The van der Waals surface area contributed by atoms with E-state index in [1.54, 1.807) is 0 Å². The van der Waals surface area contributed by atoms with Crippen molar-refractivity contribution in [3.05, 3.63) is 21.4 Å². The first-order valence-electron chi connectivity index (χ1n) is 5.40. The molecule has 1 aromatic rings. The van der Waals surface area contributed by atoms with Crippen molar-refractivity contribution in [2.45, 2.75) is 40.7 Å².